The summed E-state index contributed by atoms with van der Waals surface area (Å²) < 4.78 is 0. The number of carboxylic acids is 1. The van der Waals surface area contributed by atoms with Crippen LogP contribution in [-0.4, -0.2) is 48.7 Å². The number of hydrogen-bond acceptors (Lipinski definition) is 3. The molecule has 0 aliphatic carbocycles. The number of rotatable bonds is 4. The van der Waals surface area contributed by atoms with E-state index in [9.17, 15) is 4.79 Å². The Bertz CT molecular complexity index is 482. The number of nitrogens with zero attached hydrogens (tertiary/aromatic N) is 2. The second kappa shape index (κ2) is 6.57. The van der Waals surface area contributed by atoms with Crippen molar-refractivity contribution < 1.29 is 9.90 Å². The molecule has 1 aromatic rings. The third kappa shape index (κ3) is 3.61. The minimum atomic E-state index is -0.918. The molecule has 1 aliphatic heterocycles. The first kappa shape index (κ1) is 14.6. The third-order valence-electron chi connectivity index (χ3n) is 3.92. The molecule has 0 spiro atoms. The van der Waals surface area contributed by atoms with E-state index in [1.165, 1.54) is 5.69 Å². The van der Waals surface area contributed by atoms with E-state index in [0.717, 1.165) is 37.7 Å². The lowest BCUT2D eigenvalue weighted by molar-refractivity contribution is -0.131. The fourth-order valence-electron chi connectivity index (χ4n) is 2.59. The molecular weight excluding hydrogens is 252 g/mol. The van der Waals surface area contributed by atoms with Gasteiger partial charge in [0.2, 0.25) is 0 Å². The molecule has 4 heteroatoms. The fraction of sp³-hybridized carbons (Fsp3) is 0.438. The van der Waals surface area contributed by atoms with Gasteiger partial charge in [-0.2, -0.15) is 0 Å². The second-order valence-electron chi connectivity index (χ2n) is 5.25. The first-order valence-electron chi connectivity index (χ1n) is 7.06. The SMILES string of the molecule is CCC1CN(c2ccc(C=CC(=O)O)cc2)CCN1C. The van der Waals surface area contributed by atoms with E-state index in [4.69, 9.17) is 5.11 Å². The lowest BCUT2D eigenvalue weighted by Gasteiger charge is -2.40. The standard InChI is InChI=1S/C16H22N2O2/c1-3-14-12-18(11-10-17(14)2)15-7-4-13(5-8-15)6-9-16(19)20/h4-9,14H,3,10-12H2,1-2H3,(H,19,20). The van der Waals surface area contributed by atoms with Crippen molar-refractivity contribution in [1.29, 1.82) is 0 Å². The van der Waals surface area contributed by atoms with E-state index in [-0.39, 0.29) is 0 Å². The number of carbonyl (C=O) groups is 1. The maximum atomic E-state index is 10.5. The number of likely N-dealkylation sites (N-methyl/N-ethyl adjacent to an activating group) is 1. The second-order valence-corrected chi connectivity index (χ2v) is 5.25. The molecule has 0 bridgehead atoms. The minimum Gasteiger partial charge on any atom is -0.478 e. The van der Waals surface area contributed by atoms with Crippen molar-refractivity contribution >= 4 is 17.7 Å². The molecule has 1 aliphatic rings. The number of carboxylic acid groups (broad SMARTS) is 1. The maximum absolute atomic E-state index is 10.5. The average molecular weight is 274 g/mol. The Hall–Kier alpha value is -1.81. The topological polar surface area (TPSA) is 43.8 Å². The predicted molar refractivity (Wildman–Crippen MR) is 82.0 cm³/mol. The molecule has 1 saturated heterocycles. The van der Waals surface area contributed by atoms with Crippen LogP contribution in [0.2, 0.25) is 0 Å². The van der Waals surface area contributed by atoms with Gasteiger partial charge in [0, 0.05) is 37.4 Å². The highest BCUT2D eigenvalue weighted by atomic mass is 16.4. The Morgan fingerprint density at radius 1 is 1.35 bits per heavy atom. The van der Waals surface area contributed by atoms with Crippen LogP contribution >= 0.6 is 0 Å². The van der Waals surface area contributed by atoms with Crippen molar-refractivity contribution in [3.8, 4) is 0 Å². The highest BCUT2D eigenvalue weighted by Gasteiger charge is 2.22. The summed E-state index contributed by atoms with van der Waals surface area (Å²) >= 11 is 0. The van der Waals surface area contributed by atoms with Gasteiger partial charge in [-0.3, -0.25) is 4.90 Å². The third-order valence-corrected chi connectivity index (χ3v) is 3.92. The number of hydrogen-bond donors (Lipinski definition) is 1. The monoisotopic (exact) mass is 274 g/mol. The van der Waals surface area contributed by atoms with Gasteiger partial charge in [-0.15, -0.1) is 0 Å². The van der Waals surface area contributed by atoms with Crippen LogP contribution in [0.5, 0.6) is 0 Å². The van der Waals surface area contributed by atoms with Gasteiger partial charge >= 0.3 is 5.97 Å². The molecule has 1 aromatic carbocycles. The van der Waals surface area contributed by atoms with Crippen molar-refractivity contribution in [3.63, 3.8) is 0 Å². The van der Waals surface area contributed by atoms with Crippen molar-refractivity contribution in [3.05, 3.63) is 35.9 Å². The zero-order valence-corrected chi connectivity index (χ0v) is 12.1. The average Bonchev–Trinajstić information content (AvgIpc) is 2.46. The Morgan fingerprint density at radius 3 is 2.65 bits per heavy atom. The first-order chi connectivity index (χ1) is 9.60. The Balaban J connectivity index is 2.04. The Kier molecular flexibility index (Phi) is 4.79. The van der Waals surface area contributed by atoms with Crippen LogP contribution in [0, 0.1) is 0 Å². The van der Waals surface area contributed by atoms with Crippen LogP contribution in [0.1, 0.15) is 18.9 Å². The summed E-state index contributed by atoms with van der Waals surface area (Å²) in [4.78, 5) is 15.3. The maximum Gasteiger partial charge on any atom is 0.328 e. The van der Waals surface area contributed by atoms with Crippen LogP contribution in [0.3, 0.4) is 0 Å². The van der Waals surface area contributed by atoms with Gasteiger partial charge in [0.05, 0.1) is 0 Å². The zero-order valence-electron chi connectivity index (χ0n) is 12.1. The fourth-order valence-corrected chi connectivity index (χ4v) is 2.59. The Labute approximate surface area is 120 Å². The van der Waals surface area contributed by atoms with Gasteiger partial charge in [-0.05, 0) is 37.2 Å². The summed E-state index contributed by atoms with van der Waals surface area (Å²) in [6.45, 7) is 5.40. The lowest BCUT2D eigenvalue weighted by atomic mass is 10.1. The summed E-state index contributed by atoms with van der Waals surface area (Å²) in [5.74, 6) is -0.918. The van der Waals surface area contributed by atoms with Crippen molar-refractivity contribution in [2.75, 3.05) is 31.6 Å². The molecule has 1 unspecified atom stereocenters. The predicted octanol–water partition coefficient (Wildman–Crippen LogP) is 2.31. The molecule has 0 aromatic heterocycles. The van der Waals surface area contributed by atoms with Gasteiger partial charge in [-0.1, -0.05) is 19.1 Å². The van der Waals surface area contributed by atoms with E-state index in [2.05, 4.69) is 35.9 Å². The molecule has 0 saturated carbocycles. The van der Waals surface area contributed by atoms with Crippen molar-refractivity contribution in [2.45, 2.75) is 19.4 Å². The quantitative estimate of drug-likeness (QED) is 0.856. The van der Waals surface area contributed by atoms with E-state index in [1.807, 2.05) is 12.1 Å². The van der Waals surface area contributed by atoms with Crippen molar-refractivity contribution in [1.82, 2.24) is 4.90 Å². The summed E-state index contributed by atoms with van der Waals surface area (Å²) in [6, 6.07) is 8.68. The van der Waals surface area contributed by atoms with E-state index in [0.29, 0.717) is 6.04 Å². The highest BCUT2D eigenvalue weighted by molar-refractivity contribution is 5.85. The van der Waals surface area contributed by atoms with Crippen LogP contribution in [0.25, 0.3) is 6.08 Å². The summed E-state index contributed by atoms with van der Waals surface area (Å²) in [5, 5.41) is 8.61. The molecule has 4 nitrogen and oxygen atoms in total. The van der Waals surface area contributed by atoms with Crippen LogP contribution in [0.15, 0.2) is 30.3 Å². The largest absolute Gasteiger partial charge is 0.478 e. The molecule has 20 heavy (non-hydrogen) atoms. The van der Waals surface area contributed by atoms with Crippen LogP contribution in [-0.2, 0) is 4.79 Å². The summed E-state index contributed by atoms with van der Waals surface area (Å²) in [6.07, 6.45) is 3.94. The Morgan fingerprint density at radius 2 is 2.05 bits per heavy atom. The minimum absolute atomic E-state index is 0.607. The molecule has 1 N–H and O–H groups in total. The van der Waals surface area contributed by atoms with E-state index < -0.39 is 5.97 Å². The normalized spacial score (nSPS) is 20.5. The van der Waals surface area contributed by atoms with Gasteiger partial charge in [0.25, 0.3) is 0 Å². The molecule has 2 rings (SSSR count). The number of anilines is 1. The van der Waals surface area contributed by atoms with Gasteiger partial charge in [-0.25, -0.2) is 4.79 Å². The number of benzene rings is 1. The molecule has 1 atom stereocenters. The molecule has 1 heterocycles. The number of piperazine rings is 1. The van der Waals surface area contributed by atoms with Crippen LogP contribution in [0.4, 0.5) is 5.69 Å². The zero-order chi connectivity index (χ0) is 14.5. The summed E-state index contributed by atoms with van der Waals surface area (Å²) in [7, 11) is 2.19. The van der Waals surface area contributed by atoms with E-state index >= 15 is 0 Å². The molecule has 0 radical (unpaired) electrons. The van der Waals surface area contributed by atoms with Gasteiger partial charge in [0.1, 0.15) is 0 Å². The summed E-state index contributed by atoms with van der Waals surface area (Å²) in [5.41, 5.74) is 2.13. The van der Waals surface area contributed by atoms with Gasteiger partial charge < -0.3 is 10.0 Å². The number of aliphatic carboxylic acids is 1. The van der Waals surface area contributed by atoms with E-state index in [1.54, 1.807) is 6.08 Å². The lowest BCUT2D eigenvalue weighted by Crippen LogP contribution is -2.51. The molecular formula is C16H22N2O2. The highest BCUT2D eigenvalue weighted by Crippen LogP contribution is 2.20. The van der Waals surface area contributed by atoms with Gasteiger partial charge in [0.15, 0.2) is 0 Å². The molecule has 0 amide bonds. The smallest absolute Gasteiger partial charge is 0.328 e. The molecule has 1 fully saturated rings. The van der Waals surface area contributed by atoms with Crippen LogP contribution < -0.4 is 4.90 Å². The van der Waals surface area contributed by atoms with Crippen molar-refractivity contribution in [2.24, 2.45) is 0 Å². The first-order valence-corrected chi connectivity index (χ1v) is 7.06. The molecule has 108 valence electrons.